The maximum Gasteiger partial charge on any atom is 0.0652 e. The summed E-state index contributed by atoms with van der Waals surface area (Å²) in [6.07, 6.45) is 13.9. The van der Waals surface area contributed by atoms with Gasteiger partial charge in [-0.25, -0.2) is 0 Å². The molecular formula is C55H40N2. The van der Waals surface area contributed by atoms with Crippen LogP contribution < -0.4 is 4.90 Å². The van der Waals surface area contributed by atoms with Crippen molar-refractivity contribution in [3.8, 4) is 16.8 Å². The Labute approximate surface area is 333 Å². The van der Waals surface area contributed by atoms with Crippen molar-refractivity contribution in [2.45, 2.75) is 31.1 Å². The zero-order chi connectivity index (χ0) is 37.5. The Balaban J connectivity index is 0.955. The highest BCUT2D eigenvalue weighted by Gasteiger charge is 2.53. The number of para-hydroxylation sites is 3. The second-order valence-electron chi connectivity index (χ2n) is 15.8. The minimum atomic E-state index is -0.222. The van der Waals surface area contributed by atoms with Gasteiger partial charge in [0.05, 0.1) is 16.4 Å². The number of hydrogen-bond acceptors (Lipinski definition) is 1. The first-order valence-electron chi connectivity index (χ1n) is 20.4. The average molecular weight is 729 g/mol. The molecule has 0 fully saturated rings. The van der Waals surface area contributed by atoms with Gasteiger partial charge in [0.25, 0.3) is 0 Å². The van der Waals surface area contributed by atoms with Crippen LogP contribution in [0, 0.1) is 0 Å². The molecule has 1 heterocycles. The lowest BCUT2D eigenvalue weighted by atomic mass is 9.66. The molecule has 270 valence electrons. The van der Waals surface area contributed by atoms with Crippen LogP contribution in [0.3, 0.4) is 0 Å². The van der Waals surface area contributed by atoms with Crippen LogP contribution in [0.25, 0.3) is 49.8 Å². The molecule has 0 saturated heterocycles. The van der Waals surface area contributed by atoms with Crippen LogP contribution >= 0.6 is 0 Å². The number of hydrogen-bond donors (Lipinski definition) is 0. The number of fused-ring (bicyclic) bond motifs is 11. The van der Waals surface area contributed by atoms with E-state index in [9.17, 15) is 0 Å². The van der Waals surface area contributed by atoms with Gasteiger partial charge in [-0.15, -0.1) is 0 Å². The molecule has 2 nitrogen and oxygen atoms in total. The van der Waals surface area contributed by atoms with Crippen molar-refractivity contribution in [2.24, 2.45) is 0 Å². The first-order chi connectivity index (χ1) is 28.3. The van der Waals surface area contributed by atoms with E-state index in [2.05, 4.69) is 204 Å². The third-order valence-electron chi connectivity index (χ3n) is 13.0. The van der Waals surface area contributed by atoms with Crippen LogP contribution in [0.4, 0.5) is 17.1 Å². The summed E-state index contributed by atoms with van der Waals surface area (Å²) in [5.74, 6) is 0. The van der Waals surface area contributed by atoms with Crippen LogP contribution in [0.2, 0.25) is 0 Å². The van der Waals surface area contributed by atoms with E-state index in [4.69, 9.17) is 0 Å². The van der Waals surface area contributed by atoms with Gasteiger partial charge in [0.15, 0.2) is 0 Å². The summed E-state index contributed by atoms with van der Waals surface area (Å²) in [7, 11) is 0. The molecule has 0 N–H and O–H groups in total. The van der Waals surface area contributed by atoms with Crippen LogP contribution in [-0.2, 0) is 5.41 Å². The number of allylic oxidation sites excluding steroid dienone is 8. The van der Waals surface area contributed by atoms with Crippen LogP contribution in [0.5, 0.6) is 0 Å². The quantitative estimate of drug-likeness (QED) is 0.171. The summed E-state index contributed by atoms with van der Waals surface area (Å²) in [6.45, 7) is 0. The Kier molecular flexibility index (Phi) is 7.13. The van der Waals surface area contributed by atoms with Crippen molar-refractivity contribution >= 4 is 50.0 Å². The zero-order valence-electron chi connectivity index (χ0n) is 31.7. The Morgan fingerprint density at radius 1 is 0.439 bits per heavy atom. The number of nitrogens with zero attached hydrogens (tertiary/aromatic N) is 2. The Morgan fingerprint density at radius 3 is 1.63 bits per heavy atom. The second-order valence-corrected chi connectivity index (χ2v) is 15.8. The molecule has 4 aliphatic carbocycles. The normalized spacial score (nSPS) is 17.7. The first-order valence-corrected chi connectivity index (χ1v) is 20.4. The molecule has 4 aliphatic rings. The minimum absolute atomic E-state index is 0.222. The molecule has 7 aromatic carbocycles. The predicted octanol–water partition coefficient (Wildman–Crippen LogP) is 14.4. The van der Waals surface area contributed by atoms with Gasteiger partial charge in [-0.2, -0.15) is 0 Å². The lowest BCUT2D eigenvalue weighted by molar-refractivity contribution is 0.661. The van der Waals surface area contributed by atoms with Gasteiger partial charge in [-0.3, -0.25) is 0 Å². The fraction of sp³-hybridized carbons (Fsp3) is 0.0909. The van der Waals surface area contributed by atoms with Gasteiger partial charge in [-0.05, 0) is 142 Å². The van der Waals surface area contributed by atoms with Crippen molar-refractivity contribution in [1.82, 2.24) is 4.57 Å². The van der Waals surface area contributed by atoms with Crippen LogP contribution in [0.15, 0.2) is 205 Å². The van der Waals surface area contributed by atoms with Gasteiger partial charge in [0.1, 0.15) is 0 Å². The lowest BCUT2D eigenvalue weighted by Crippen LogP contribution is -2.29. The lowest BCUT2D eigenvalue weighted by Gasteiger charge is -2.36. The topological polar surface area (TPSA) is 8.17 Å². The largest absolute Gasteiger partial charge is 0.310 e. The molecule has 0 amide bonds. The van der Waals surface area contributed by atoms with E-state index < -0.39 is 0 Å². The summed E-state index contributed by atoms with van der Waals surface area (Å²) in [5.41, 5.74) is 21.0. The highest BCUT2D eigenvalue weighted by molar-refractivity contribution is 6.09. The minimum Gasteiger partial charge on any atom is -0.310 e. The fourth-order valence-electron chi connectivity index (χ4n) is 10.7. The molecule has 0 saturated carbocycles. The average Bonchev–Trinajstić information content (AvgIpc) is 3.89. The van der Waals surface area contributed by atoms with E-state index in [0.717, 1.165) is 37.1 Å². The maximum atomic E-state index is 2.53. The standard InChI is InChI=1S/C55H40N2/c1-2-14-39(15-3-1)56(40-30-26-37(27-31-40)38-28-32-41(33-29-38)57-53-24-12-7-19-47(53)48-20-8-13-25-54(48)57)42-34-35-46-45-18-6-11-23-51(45)55(52(46)36-42)49-21-9-4-16-43(49)44-17-5-10-22-50(44)55/h1-9,12-21,24-36H,10-11,22-23H2. The smallest absolute Gasteiger partial charge is 0.0652 e. The third-order valence-corrected chi connectivity index (χ3v) is 13.0. The summed E-state index contributed by atoms with van der Waals surface area (Å²) in [4.78, 5) is 2.44. The molecule has 1 spiro atoms. The maximum absolute atomic E-state index is 2.53. The summed E-state index contributed by atoms with van der Waals surface area (Å²) < 4.78 is 2.38. The predicted molar refractivity (Wildman–Crippen MR) is 239 cm³/mol. The van der Waals surface area contributed by atoms with Gasteiger partial charge in [-0.1, -0.05) is 133 Å². The van der Waals surface area contributed by atoms with E-state index in [1.165, 1.54) is 77.7 Å². The fourth-order valence-corrected chi connectivity index (χ4v) is 10.7. The Bertz CT molecular complexity index is 2980. The van der Waals surface area contributed by atoms with E-state index in [1.54, 1.807) is 11.1 Å². The van der Waals surface area contributed by atoms with E-state index >= 15 is 0 Å². The molecule has 8 aromatic rings. The van der Waals surface area contributed by atoms with Gasteiger partial charge < -0.3 is 9.47 Å². The first kappa shape index (κ1) is 32.4. The van der Waals surface area contributed by atoms with E-state index in [-0.39, 0.29) is 5.41 Å². The molecule has 0 aliphatic heterocycles. The zero-order valence-corrected chi connectivity index (χ0v) is 31.7. The van der Waals surface area contributed by atoms with Gasteiger partial charge >= 0.3 is 0 Å². The SMILES string of the molecule is C1=CC2=C(CC1)C1(C3=C(C=CCC3)c3ccc(N(c4ccccc4)c4ccc(-c5ccc(-n6c7ccccc7c7ccccc76)cc5)cc4)cc31)c1ccccc12. The molecule has 12 rings (SSSR count). The summed E-state index contributed by atoms with van der Waals surface area (Å²) in [5, 5.41) is 2.56. The Morgan fingerprint density at radius 2 is 0.965 bits per heavy atom. The molecule has 1 atom stereocenters. The van der Waals surface area contributed by atoms with Crippen LogP contribution in [-0.4, -0.2) is 4.57 Å². The molecule has 1 unspecified atom stereocenters. The molecule has 0 bridgehead atoms. The number of benzene rings is 7. The van der Waals surface area contributed by atoms with Crippen molar-refractivity contribution in [1.29, 1.82) is 0 Å². The third kappa shape index (κ3) is 4.65. The number of aromatic nitrogens is 1. The molecule has 1 aromatic heterocycles. The van der Waals surface area contributed by atoms with Gasteiger partial charge in [0.2, 0.25) is 0 Å². The summed E-state index contributed by atoms with van der Waals surface area (Å²) >= 11 is 0. The van der Waals surface area contributed by atoms with Crippen molar-refractivity contribution < 1.29 is 0 Å². The van der Waals surface area contributed by atoms with Gasteiger partial charge in [0, 0.05) is 33.5 Å². The van der Waals surface area contributed by atoms with E-state index in [0.29, 0.717) is 0 Å². The highest BCUT2D eigenvalue weighted by atomic mass is 15.1. The number of anilines is 3. The molecule has 0 radical (unpaired) electrons. The van der Waals surface area contributed by atoms with Crippen molar-refractivity contribution in [3.63, 3.8) is 0 Å². The molecular weight excluding hydrogens is 689 g/mol. The van der Waals surface area contributed by atoms with Crippen molar-refractivity contribution in [2.75, 3.05) is 4.90 Å². The summed E-state index contributed by atoms with van der Waals surface area (Å²) in [6, 6.07) is 62.9. The van der Waals surface area contributed by atoms with Crippen molar-refractivity contribution in [3.05, 3.63) is 228 Å². The molecule has 2 heteroatoms. The second kappa shape index (κ2) is 12.6. The Hall–Kier alpha value is -6.90. The monoisotopic (exact) mass is 728 g/mol. The van der Waals surface area contributed by atoms with E-state index in [1.807, 2.05) is 0 Å². The highest BCUT2D eigenvalue weighted by Crippen LogP contribution is 2.64. The van der Waals surface area contributed by atoms with Crippen LogP contribution in [0.1, 0.15) is 47.9 Å². The molecule has 57 heavy (non-hydrogen) atoms. The number of rotatable bonds is 5.